The van der Waals surface area contributed by atoms with Crippen LogP contribution in [0.5, 0.6) is 5.75 Å². The topological polar surface area (TPSA) is 177 Å². The van der Waals surface area contributed by atoms with Gasteiger partial charge in [-0.25, -0.2) is 5.84 Å². The average Bonchev–Trinajstić information content (AvgIpc) is 3.87. The van der Waals surface area contributed by atoms with E-state index in [4.69, 9.17) is 15.3 Å². The zero-order chi connectivity index (χ0) is 39.6. The maximum Gasteiger partial charge on any atom is 0.322 e. The number of amides is 1. The number of fused-ring (bicyclic) bond motifs is 6. The van der Waals surface area contributed by atoms with Crippen LogP contribution in [0.2, 0.25) is 0 Å². The Hall–Kier alpha value is -3.98. The van der Waals surface area contributed by atoms with E-state index in [2.05, 4.69) is 32.3 Å². The predicted molar refractivity (Wildman–Crippen MR) is 211 cm³/mol. The standard InChI is InChI=1S/C43H56N6O7/c1-6-39(53)21-25-22-42(38(52)56-5,33-27(13-17-48(23-25)24-39)26-11-8-9-12-30(26)45-33)29-19-28-31(20-32(29)55-4)47(3)35-41(28)15-18-49-16-10-14-40(7-2,34(41)49)36(50)43(35,54)37(51)46-44/h8-12,14,19-20,25,34-36,45,50,53-54H,6-7,13,15-18,21-24,44H2,1-5H3,(H,46,51)/t25?,34-,35?,36+,39-,40+,41?,42-,43?/m0/s1. The largest absolute Gasteiger partial charge is 0.496 e. The summed E-state index contributed by atoms with van der Waals surface area (Å²) in [5, 5.41) is 38.3. The van der Waals surface area contributed by atoms with Crippen molar-refractivity contribution < 1.29 is 34.4 Å². The molecule has 2 aromatic carbocycles. The number of aromatic nitrogens is 1. The molecule has 7 N–H and O–H groups in total. The van der Waals surface area contributed by atoms with Gasteiger partial charge in [-0.2, -0.15) is 0 Å². The number of carbonyl (C=O) groups excluding carboxylic acids is 2. The van der Waals surface area contributed by atoms with Crippen LogP contribution < -0.4 is 20.9 Å². The van der Waals surface area contributed by atoms with Crippen molar-refractivity contribution in [2.75, 3.05) is 58.9 Å². The first-order chi connectivity index (χ1) is 26.8. The van der Waals surface area contributed by atoms with Crippen LogP contribution in [0.3, 0.4) is 0 Å². The molecule has 1 aliphatic carbocycles. The van der Waals surface area contributed by atoms with Crippen molar-refractivity contribution in [3.05, 3.63) is 70.9 Å². The summed E-state index contributed by atoms with van der Waals surface area (Å²) in [5.41, 5.74) is 0.683. The summed E-state index contributed by atoms with van der Waals surface area (Å²) in [6.45, 7) is 7.36. The van der Waals surface area contributed by atoms with Crippen molar-refractivity contribution in [1.29, 1.82) is 0 Å². The Labute approximate surface area is 327 Å². The fourth-order valence-electron chi connectivity index (χ4n) is 13.1. The zero-order valence-electron chi connectivity index (χ0n) is 33.1. The van der Waals surface area contributed by atoms with Gasteiger partial charge < -0.3 is 34.7 Å². The number of aromatic amines is 1. The van der Waals surface area contributed by atoms with E-state index in [0.29, 0.717) is 76.0 Å². The molecule has 6 heterocycles. The second-order valence-electron chi connectivity index (χ2n) is 17.6. The molecule has 9 rings (SSSR count). The Balaban J connectivity index is 1.36. The van der Waals surface area contributed by atoms with Gasteiger partial charge in [0.25, 0.3) is 5.91 Å². The van der Waals surface area contributed by atoms with E-state index in [1.54, 1.807) is 7.11 Å². The lowest BCUT2D eigenvalue weighted by Gasteiger charge is -2.63. The van der Waals surface area contributed by atoms with Gasteiger partial charge >= 0.3 is 5.97 Å². The lowest BCUT2D eigenvalue weighted by atomic mass is 9.47. The number of H-pyrrole nitrogens is 1. The summed E-state index contributed by atoms with van der Waals surface area (Å²) in [6.07, 6.45) is 5.73. The molecular formula is C43H56N6O7. The number of nitrogens with zero attached hydrogens (tertiary/aromatic N) is 3. The molecule has 2 bridgehead atoms. The number of nitrogens with one attached hydrogen (secondary N) is 2. The van der Waals surface area contributed by atoms with Crippen LogP contribution in [0.15, 0.2) is 48.6 Å². The van der Waals surface area contributed by atoms with Gasteiger partial charge in [-0.05, 0) is 74.2 Å². The lowest BCUT2D eigenvalue weighted by Crippen LogP contribution is -2.82. The molecular weight excluding hydrogens is 713 g/mol. The van der Waals surface area contributed by atoms with E-state index < -0.39 is 51.5 Å². The molecule has 1 saturated carbocycles. The number of anilines is 1. The Morgan fingerprint density at radius 1 is 1.05 bits per heavy atom. The van der Waals surface area contributed by atoms with Crippen LogP contribution in [0.4, 0.5) is 5.69 Å². The van der Waals surface area contributed by atoms with Gasteiger partial charge in [-0.3, -0.25) is 24.8 Å². The number of methoxy groups -OCH3 is 2. The third-order valence-corrected chi connectivity index (χ3v) is 15.3. The third-order valence-electron chi connectivity index (χ3n) is 15.3. The molecule has 1 amide bonds. The van der Waals surface area contributed by atoms with Crippen molar-refractivity contribution in [1.82, 2.24) is 20.2 Å². The lowest BCUT2D eigenvalue weighted by molar-refractivity contribution is -0.203. The number of ether oxygens (including phenoxy) is 2. The molecule has 0 radical (unpaired) electrons. The van der Waals surface area contributed by atoms with Gasteiger partial charge in [0.2, 0.25) is 0 Å². The fraction of sp³-hybridized carbons (Fsp3) is 0.581. The van der Waals surface area contributed by atoms with Gasteiger partial charge in [-0.15, -0.1) is 0 Å². The van der Waals surface area contributed by atoms with Gasteiger partial charge in [-0.1, -0.05) is 44.2 Å². The molecule has 13 nitrogen and oxygen atoms in total. The Kier molecular flexibility index (Phi) is 8.56. The van der Waals surface area contributed by atoms with Crippen LogP contribution in [0.1, 0.15) is 68.3 Å². The maximum atomic E-state index is 15.2. The quantitative estimate of drug-likeness (QED) is 0.0714. The summed E-state index contributed by atoms with van der Waals surface area (Å²) in [5.74, 6) is 4.94. The Morgan fingerprint density at radius 2 is 1.84 bits per heavy atom. The van der Waals surface area contributed by atoms with E-state index in [1.165, 1.54) is 7.11 Å². The number of likely N-dealkylation sites (N-methyl/N-ethyl adjacent to an activating group) is 1. The number of hydrazine groups is 1. The molecule has 6 aliphatic rings. The number of benzene rings is 2. The summed E-state index contributed by atoms with van der Waals surface area (Å²) in [6, 6.07) is 11.0. The highest BCUT2D eigenvalue weighted by molar-refractivity contribution is 5.95. The molecule has 1 aromatic heterocycles. The minimum absolute atomic E-state index is 0.0851. The fourth-order valence-corrected chi connectivity index (χ4v) is 13.1. The highest BCUT2D eigenvalue weighted by Gasteiger charge is 2.78. The van der Waals surface area contributed by atoms with Gasteiger partial charge in [0.05, 0.1) is 25.9 Å². The Morgan fingerprint density at radius 3 is 2.55 bits per heavy atom. The Bertz CT molecular complexity index is 2140. The SMILES string of the molecule is CC[C@]1(O)CC2CN(CCc3c([nH]c4ccccc34)[C@@](C(=O)OC)(c3cc4c(cc3OC)N(C)C3C(O)(C(=O)NN)[C@H](O)[C@]5(CC)C=CCN6CCC43[C@@H]65)C2)C1. The minimum atomic E-state index is -2.31. The number of nitrogens with two attached hydrogens (primary N) is 1. The van der Waals surface area contributed by atoms with Gasteiger partial charge in [0.15, 0.2) is 5.60 Å². The second-order valence-corrected chi connectivity index (χ2v) is 17.6. The first-order valence-corrected chi connectivity index (χ1v) is 20.3. The smallest absolute Gasteiger partial charge is 0.322 e. The number of aliphatic hydroxyl groups is 3. The number of para-hydroxylation sites is 1. The van der Waals surface area contributed by atoms with Crippen molar-refractivity contribution in [2.24, 2.45) is 17.2 Å². The van der Waals surface area contributed by atoms with E-state index in [0.717, 1.165) is 40.0 Å². The first-order valence-electron chi connectivity index (χ1n) is 20.3. The number of piperidine rings is 1. The van der Waals surface area contributed by atoms with Crippen molar-refractivity contribution >= 4 is 28.5 Å². The number of aliphatic hydroxyl groups excluding tert-OH is 1. The van der Waals surface area contributed by atoms with Gasteiger partial charge in [0.1, 0.15) is 17.3 Å². The molecule has 1 spiro atoms. The highest BCUT2D eigenvalue weighted by atomic mass is 16.5. The van der Waals surface area contributed by atoms with E-state index in [9.17, 15) is 20.1 Å². The average molecular weight is 769 g/mol. The molecule has 10 atom stereocenters. The van der Waals surface area contributed by atoms with Crippen LogP contribution >= 0.6 is 0 Å². The summed E-state index contributed by atoms with van der Waals surface area (Å²) < 4.78 is 12.2. The van der Waals surface area contributed by atoms with E-state index in [-0.39, 0.29) is 12.0 Å². The number of rotatable bonds is 6. The molecule has 3 aromatic rings. The molecule has 13 heteroatoms. The van der Waals surface area contributed by atoms with Crippen LogP contribution in [-0.4, -0.2) is 125 Å². The molecule has 5 unspecified atom stereocenters. The predicted octanol–water partition coefficient (Wildman–Crippen LogP) is 2.24. The van der Waals surface area contributed by atoms with Crippen LogP contribution in [0, 0.1) is 11.3 Å². The molecule has 5 aliphatic heterocycles. The first kappa shape index (κ1) is 37.6. The molecule has 300 valence electrons. The van der Waals surface area contributed by atoms with Crippen molar-refractivity contribution in [3.8, 4) is 5.75 Å². The second kappa shape index (κ2) is 12.8. The van der Waals surface area contributed by atoms with E-state index in [1.807, 2.05) is 62.2 Å². The van der Waals surface area contributed by atoms with Crippen molar-refractivity contribution in [3.63, 3.8) is 0 Å². The third kappa shape index (κ3) is 4.58. The van der Waals surface area contributed by atoms with E-state index >= 15 is 4.79 Å². The molecule has 2 saturated heterocycles. The number of hydrogen-bond acceptors (Lipinski definition) is 11. The zero-order valence-corrected chi connectivity index (χ0v) is 33.1. The van der Waals surface area contributed by atoms with Crippen LogP contribution in [-0.2, 0) is 31.6 Å². The normalized spacial score (nSPS) is 38.4. The van der Waals surface area contributed by atoms with Gasteiger partial charge in [0, 0.05) is 84.0 Å². The maximum absolute atomic E-state index is 15.2. The van der Waals surface area contributed by atoms with Crippen molar-refractivity contribution in [2.45, 2.75) is 92.6 Å². The monoisotopic (exact) mass is 768 g/mol. The molecule has 3 fully saturated rings. The summed E-state index contributed by atoms with van der Waals surface area (Å²) >= 11 is 0. The molecule has 56 heavy (non-hydrogen) atoms. The summed E-state index contributed by atoms with van der Waals surface area (Å²) in [7, 11) is 4.89. The number of carbonyl (C=O) groups is 2. The summed E-state index contributed by atoms with van der Waals surface area (Å²) in [4.78, 5) is 39.7. The number of hydrogen-bond donors (Lipinski definition) is 6. The highest BCUT2D eigenvalue weighted by Crippen LogP contribution is 2.67. The van der Waals surface area contributed by atoms with Crippen LogP contribution in [0.25, 0.3) is 10.9 Å². The minimum Gasteiger partial charge on any atom is -0.496 e. The number of esters is 1.